The van der Waals surface area contributed by atoms with Crippen molar-refractivity contribution in [2.45, 2.75) is 13.8 Å². The standard InChI is InChI=1S/C13H10Br2N2.C8H6Br2N.2ClH.Fe/c1-9(10-3-2-6-16-8-10)17-13-5-4-11(14)7-12(13)15;1-2-11-8-4-3-6(9)5-7(8)10;;;/h2-8H,1H3;3-5H,1H3;2*1H;/q;-1;;;. The monoisotopic (exact) mass is 754 g/mol. The van der Waals surface area contributed by atoms with Gasteiger partial charge >= 0.3 is 0 Å². The number of hydrogen-bond donors (Lipinski definition) is 0. The zero-order chi connectivity index (χ0) is 20.5. The van der Waals surface area contributed by atoms with Gasteiger partial charge in [-0.25, -0.2) is 0 Å². The van der Waals surface area contributed by atoms with Crippen LogP contribution in [-0.4, -0.2) is 16.9 Å². The summed E-state index contributed by atoms with van der Waals surface area (Å²) in [5.74, 6) is 0. The Morgan fingerprint density at radius 1 is 0.871 bits per heavy atom. The van der Waals surface area contributed by atoms with E-state index in [1.54, 1.807) is 13.1 Å². The molecule has 3 aromatic rings. The van der Waals surface area contributed by atoms with E-state index >= 15 is 0 Å². The second-order valence-electron chi connectivity index (χ2n) is 5.47. The molecule has 0 atom stereocenters. The van der Waals surface area contributed by atoms with Crippen molar-refractivity contribution >= 4 is 112 Å². The van der Waals surface area contributed by atoms with Gasteiger partial charge in [-0.05, 0) is 57.7 Å². The summed E-state index contributed by atoms with van der Waals surface area (Å²) >= 11 is 13.7. The summed E-state index contributed by atoms with van der Waals surface area (Å²) in [7, 11) is 0. The van der Waals surface area contributed by atoms with Gasteiger partial charge in [0.2, 0.25) is 0 Å². The SMILES string of the molecule is CC(=Nc1ccc(Br)cc1Br)c1cccnc1.C[C-]=Nc1ccc(Br)cc1Br.Cl.Cl.[Fe]. The van der Waals surface area contributed by atoms with Crippen LogP contribution in [0.3, 0.4) is 0 Å². The van der Waals surface area contributed by atoms with Crippen LogP contribution in [0.1, 0.15) is 19.4 Å². The van der Waals surface area contributed by atoms with Gasteiger partial charge in [-0.2, -0.15) is 6.21 Å². The van der Waals surface area contributed by atoms with E-state index in [0.717, 1.165) is 40.5 Å². The first kappa shape index (κ1) is 33.1. The van der Waals surface area contributed by atoms with E-state index < -0.39 is 0 Å². The zero-order valence-electron chi connectivity index (χ0n) is 16.3. The van der Waals surface area contributed by atoms with Crippen molar-refractivity contribution in [3.63, 3.8) is 0 Å². The molecule has 1 aromatic heterocycles. The van der Waals surface area contributed by atoms with Crippen molar-refractivity contribution < 1.29 is 17.1 Å². The number of benzene rings is 2. The summed E-state index contributed by atoms with van der Waals surface area (Å²) in [6, 6.07) is 15.6. The van der Waals surface area contributed by atoms with Gasteiger partial charge in [-0.15, -0.1) is 37.8 Å². The summed E-state index contributed by atoms with van der Waals surface area (Å²) in [5.41, 5.74) is 3.79. The number of aliphatic imine (C=N–C) groups is 2. The van der Waals surface area contributed by atoms with Crippen LogP contribution >= 0.6 is 88.5 Å². The molecule has 0 bridgehead atoms. The Morgan fingerprint density at radius 3 is 1.87 bits per heavy atom. The summed E-state index contributed by atoms with van der Waals surface area (Å²) in [5, 5.41) is 0. The Balaban J connectivity index is 0. The fourth-order valence-corrected chi connectivity index (χ4v) is 4.36. The van der Waals surface area contributed by atoms with E-state index in [9.17, 15) is 0 Å². The first-order valence-corrected chi connectivity index (χ1v) is 11.3. The van der Waals surface area contributed by atoms with Crippen molar-refractivity contribution in [3.8, 4) is 0 Å². The fourth-order valence-electron chi connectivity index (χ4n) is 2.09. The molecule has 0 amide bonds. The quantitative estimate of drug-likeness (QED) is 0.149. The molecule has 0 aliphatic rings. The smallest absolute Gasteiger partial charge is 0.0775 e. The Morgan fingerprint density at radius 2 is 1.42 bits per heavy atom. The molecule has 0 aliphatic carbocycles. The molecule has 0 N–H and O–H groups in total. The van der Waals surface area contributed by atoms with Gasteiger partial charge in [0.15, 0.2) is 0 Å². The van der Waals surface area contributed by atoms with Crippen molar-refractivity contribution in [1.82, 2.24) is 4.98 Å². The predicted octanol–water partition coefficient (Wildman–Crippen LogP) is 9.40. The zero-order valence-corrected chi connectivity index (χ0v) is 25.4. The maximum Gasteiger partial charge on any atom is 0.0775 e. The first-order valence-electron chi connectivity index (χ1n) is 8.14. The molecule has 0 saturated carbocycles. The van der Waals surface area contributed by atoms with Crippen LogP contribution in [0.25, 0.3) is 0 Å². The maximum absolute atomic E-state index is 4.58. The Hall–Kier alpha value is -0.0505. The Kier molecular flexibility index (Phi) is 18.6. The van der Waals surface area contributed by atoms with Crippen LogP contribution in [0, 0.1) is 0 Å². The second-order valence-corrected chi connectivity index (χ2v) is 9.01. The van der Waals surface area contributed by atoms with E-state index in [2.05, 4.69) is 84.9 Å². The van der Waals surface area contributed by atoms with E-state index in [0.29, 0.717) is 0 Å². The molecule has 0 unspecified atom stereocenters. The maximum atomic E-state index is 4.58. The molecule has 0 radical (unpaired) electrons. The molecule has 2 aromatic carbocycles. The van der Waals surface area contributed by atoms with Crippen LogP contribution < -0.4 is 0 Å². The van der Waals surface area contributed by atoms with E-state index in [-0.39, 0.29) is 41.9 Å². The molecular weight excluding hydrogens is 741 g/mol. The number of nitrogens with zero attached hydrogens (tertiary/aromatic N) is 3. The molecule has 0 spiro atoms. The number of halogens is 6. The van der Waals surface area contributed by atoms with Gasteiger partial charge in [-0.3, -0.25) is 9.98 Å². The number of rotatable bonds is 3. The van der Waals surface area contributed by atoms with Gasteiger partial charge in [0.05, 0.1) is 5.69 Å². The molecule has 3 rings (SSSR count). The minimum atomic E-state index is 0. The molecule has 31 heavy (non-hydrogen) atoms. The Bertz CT molecular complexity index is 1000. The van der Waals surface area contributed by atoms with Gasteiger partial charge in [-0.1, -0.05) is 65.6 Å². The van der Waals surface area contributed by atoms with Crippen LogP contribution in [0.4, 0.5) is 11.4 Å². The van der Waals surface area contributed by atoms with Crippen LogP contribution in [0.2, 0.25) is 0 Å². The molecule has 168 valence electrons. The summed E-state index contributed by atoms with van der Waals surface area (Å²) in [6.45, 7) is 3.75. The predicted molar refractivity (Wildman–Crippen MR) is 147 cm³/mol. The Labute approximate surface area is 239 Å². The third-order valence-corrected chi connectivity index (χ3v) is 5.68. The van der Waals surface area contributed by atoms with Crippen LogP contribution in [-0.2, 0) is 17.1 Å². The van der Waals surface area contributed by atoms with Crippen molar-refractivity contribution in [3.05, 3.63) is 84.4 Å². The molecule has 0 aliphatic heterocycles. The average molecular weight is 759 g/mol. The van der Waals surface area contributed by atoms with Crippen molar-refractivity contribution in [2.24, 2.45) is 9.98 Å². The van der Waals surface area contributed by atoms with E-state index in [4.69, 9.17) is 0 Å². The molecular formula is C21H18Br4Cl2FeN3-. The van der Waals surface area contributed by atoms with Crippen molar-refractivity contribution in [2.75, 3.05) is 0 Å². The topological polar surface area (TPSA) is 37.6 Å². The number of pyridine rings is 1. The van der Waals surface area contributed by atoms with Crippen LogP contribution in [0.15, 0.2) is 88.8 Å². The largest absolute Gasteiger partial charge is 0.455 e. The minimum absolute atomic E-state index is 0. The molecule has 3 nitrogen and oxygen atoms in total. The normalized spacial score (nSPS) is 10.2. The summed E-state index contributed by atoms with van der Waals surface area (Å²) in [6.07, 6.45) is 6.29. The third kappa shape index (κ3) is 11.6. The molecule has 0 fully saturated rings. The van der Waals surface area contributed by atoms with Crippen LogP contribution in [0.5, 0.6) is 0 Å². The molecule has 10 heteroatoms. The number of hydrogen-bond acceptors (Lipinski definition) is 3. The van der Waals surface area contributed by atoms with Gasteiger partial charge in [0.25, 0.3) is 0 Å². The van der Waals surface area contributed by atoms with E-state index in [1.165, 1.54) is 0 Å². The minimum Gasteiger partial charge on any atom is -0.455 e. The van der Waals surface area contributed by atoms with Crippen molar-refractivity contribution in [1.29, 1.82) is 0 Å². The summed E-state index contributed by atoms with van der Waals surface area (Å²) in [4.78, 5) is 12.7. The fraction of sp³-hybridized carbons (Fsp3) is 0.0952. The number of aromatic nitrogens is 1. The second kappa shape index (κ2) is 17.4. The molecule has 1 heterocycles. The van der Waals surface area contributed by atoms with Gasteiger partial charge in [0.1, 0.15) is 0 Å². The van der Waals surface area contributed by atoms with Gasteiger partial charge in [0, 0.05) is 54.2 Å². The first-order chi connectivity index (χ1) is 13.4. The van der Waals surface area contributed by atoms with Gasteiger partial charge < -0.3 is 4.99 Å². The average Bonchev–Trinajstić information content (AvgIpc) is 2.67. The third-order valence-electron chi connectivity index (χ3n) is 3.42. The molecule has 0 saturated heterocycles. The van der Waals surface area contributed by atoms with E-state index in [1.807, 2.05) is 61.7 Å². The summed E-state index contributed by atoms with van der Waals surface area (Å²) < 4.78 is 4.01.